The summed E-state index contributed by atoms with van der Waals surface area (Å²) in [6, 6.07) is 11.3. The second-order valence-electron chi connectivity index (χ2n) is 4.41. The van der Waals surface area contributed by atoms with Crippen molar-refractivity contribution in [1.82, 2.24) is 0 Å². The zero-order valence-electron chi connectivity index (χ0n) is 11.3. The van der Waals surface area contributed by atoms with E-state index in [4.69, 9.17) is 33.7 Å². The van der Waals surface area contributed by atoms with Gasteiger partial charge in [-0.2, -0.15) is 0 Å². The van der Waals surface area contributed by atoms with E-state index in [9.17, 15) is 4.79 Å². The first kappa shape index (κ1) is 15.5. The first-order chi connectivity index (χ1) is 9.99. The standard InChI is InChI=1S/C15H14Cl2N2O2/c1-21-13-4-2-3-12(8-13)19-14(15(18)20)9-5-10(16)7-11(17)6-9/h2-8,14,19H,1H3,(H2,18,20). The molecule has 2 aromatic rings. The molecule has 0 aliphatic rings. The van der Waals surface area contributed by atoms with E-state index in [1.165, 1.54) is 0 Å². The molecular weight excluding hydrogens is 311 g/mol. The summed E-state index contributed by atoms with van der Waals surface area (Å²) in [5.41, 5.74) is 6.77. The quantitative estimate of drug-likeness (QED) is 0.882. The zero-order chi connectivity index (χ0) is 15.4. The number of carbonyl (C=O) groups is 1. The molecule has 0 saturated heterocycles. The van der Waals surface area contributed by atoms with E-state index in [0.717, 1.165) is 0 Å². The summed E-state index contributed by atoms with van der Waals surface area (Å²) in [6.45, 7) is 0. The Morgan fingerprint density at radius 2 is 1.86 bits per heavy atom. The molecule has 0 saturated carbocycles. The number of methoxy groups -OCH3 is 1. The third-order valence-electron chi connectivity index (χ3n) is 2.88. The van der Waals surface area contributed by atoms with Gasteiger partial charge in [0.05, 0.1) is 7.11 Å². The van der Waals surface area contributed by atoms with Gasteiger partial charge in [0.15, 0.2) is 0 Å². The molecule has 0 aliphatic carbocycles. The van der Waals surface area contributed by atoms with Gasteiger partial charge in [-0.05, 0) is 35.9 Å². The molecule has 2 rings (SSSR count). The molecule has 0 aliphatic heterocycles. The van der Waals surface area contributed by atoms with E-state index >= 15 is 0 Å². The Balaban J connectivity index is 2.32. The summed E-state index contributed by atoms with van der Waals surface area (Å²) >= 11 is 11.9. The molecule has 0 fully saturated rings. The van der Waals surface area contributed by atoms with Gasteiger partial charge in [-0.3, -0.25) is 4.79 Å². The van der Waals surface area contributed by atoms with Gasteiger partial charge in [-0.15, -0.1) is 0 Å². The molecule has 0 radical (unpaired) electrons. The topological polar surface area (TPSA) is 64.3 Å². The van der Waals surface area contributed by atoms with E-state index in [1.807, 2.05) is 12.1 Å². The normalized spacial score (nSPS) is 11.8. The van der Waals surface area contributed by atoms with E-state index in [-0.39, 0.29) is 0 Å². The predicted octanol–water partition coefficient (Wildman–Crippen LogP) is 3.64. The van der Waals surface area contributed by atoms with Crippen LogP contribution < -0.4 is 15.8 Å². The van der Waals surface area contributed by atoms with Gasteiger partial charge < -0.3 is 15.8 Å². The Morgan fingerprint density at radius 3 is 2.43 bits per heavy atom. The molecule has 4 nitrogen and oxygen atoms in total. The van der Waals surface area contributed by atoms with E-state index in [0.29, 0.717) is 27.0 Å². The molecule has 0 bridgehead atoms. The lowest BCUT2D eigenvalue weighted by molar-refractivity contribution is -0.118. The van der Waals surface area contributed by atoms with Crippen LogP contribution in [0.1, 0.15) is 11.6 Å². The summed E-state index contributed by atoms with van der Waals surface area (Å²) in [7, 11) is 1.57. The summed E-state index contributed by atoms with van der Waals surface area (Å²) in [5.74, 6) is 0.142. The average Bonchev–Trinajstić information content (AvgIpc) is 2.43. The lowest BCUT2D eigenvalue weighted by Crippen LogP contribution is -2.27. The minimum absolute atomic E-state index is 0.441. The number of nitrogens with two attached hydrogens (primary N) is 1. The smallest absolute Gasteiger partial charge is 0.244 e. The van der Waals surface area contributed by atoms with E-state index in [2.05, 4.69) is 5.32 Å². The third kappa shape index (κ3) is 4.03. The molecule has 21 heavy (non-hydrogen) atoms. The van der Waals surface area contributed by atoms with Crippen LogP contribution in [0.3, 0.4) is 0 Å². The van der Waals surface area contributed by atoms with Crippen molar-refractivity contribution in [3.8, 4) is 5.75 Å². The van der Waals surface area contributed by atoms with Gasteiger partial charge in [-0.25, -0.2) is 0 Å². The zero-order valence-corrected chi connectivity index (χ0v) is 12.8. The predicted molar refractivity (Wildman–Crippen MR) is 85.0 cm³/mol. The Hall–Kier alpha value is -1.91. The number of anilines is 1. The van der Waals surface area contributed by atoms with Crippen LogP contribution in [0.25, 0.3) is 0 Å². The van der Waals surface area contributed by atoms with Crippen molar-refractivity contribution in [3.05, 3.63) is 58.1 Å². The molecule has 6 heteroatoms. The number of halogens is 2. The van der Waals surface area contributed by atoms with Gasteiger partial charge in [0.2, 0.25) is 5.91 Å². The number of benzene rings is 2. The summed E-state index contributed by atoms with van der Waals surface area (Å²) in [6.07, 6.45) is 0. The second kappa shape index (κ2) is 6.70. The SMILES string of the molecule is COc1cccc(NC(C(N)=O)c2cc(Cl)cc(Cl)c2)c1. The van der Waals surface area contributed by atoms with Gasteiger partial charge in [0, 0.05) is 21.8 Å². The Kier molecular flexibility index (Phi) is 4.94. The van der Waals surface area contributed by atoms with Crippen molar-refractivity contribution in [2.75, 3.05) is 12.4 Å². The highest BCUT2D eigenvalue weighted by Gasteiger charge is 2.19. The van der Waals surface area contributed by atoms with Crippen LogP contribution in [-0.4, -0.2) is 13.0 Å². The molecule has 110 valence electrons. The van der Waals surface area contributed by atoms with Crippen molar-refractivity contribution >= 4 is 34.8 Å². The summed E-state index contributed by atoms with van der Waals surface area (Å²) in [5, 5.41) is 3.93. The number of ether oxygens (including phenoxy) is 1. The van der Waals surface area contributed by atoms with E-state index < -0.39 is 11.9 Å². The lowest BCUT2D eigenvalue weighted by atomic mass is 10.1. The molecule has 0 aromatic heterocycles. The monoisotopic (exact) mass is 324 g/mol. The van der Waals surface area contributed by atoms with Crippen LogP contribution in [0.15, 0.2) is 42.5 Å². The minimum Gasteiger partial charge on any atom is -0.497 e. The Bertz CT molecular complexity index is 642. The number of hydrogen-bond acceptors (Lipinski definition) is 3. The third-order valence-corrected chi connectivity index (χ3v) is 3.32. The largest absolute Gasteiger partial charge is 0.497 e. The first-order valence-electron chi connectivity index (χ1n) is 6.15. The highest BCUT2D eigenvalue weighted by molar-refractivity contribution is 6.34. The molecule has 2 aromatic carbocycles. The van der Waals surface area contributed by atoms with Crippen LogP contribution >= 0.6 is 23.2 Å². The van der Waals surface area contributed by atoms with Crippen LogP contribution in [0.5, 0.6) is 5.75 Å². The molecule has 1 amide bonds. The molecule has 0 heterocycles. The lowest BCUT2D eigenvalue weighted by Gasteiger charge is -2.18. The fourth-order valence-corrected chi connectivity index (χ4v) is 2.48. The molecule has 1 atom stereocenters. The molecule has 3 N–H and O–H groups in total. The maximum absolute atomic E-state index is 11.7. The average molecular weight is 325 g/mol. The number of hydrogen-bond donors (Lipinski definition) is 2. The minimum atomic E-state index is -0.742. The fraction of sp³-hybridized carbons (Fsp3) is 0.133. The Morgan fingerprint density at radius 1 is 1.19 bits per heavy atom. The number of carbonyl (C=O) groups excluding carboxylic acids is 1. The highest BCUT2D eigenvalue weighted by Crippen LogP contribution is 2.27. The van der Waals surface area contributed by atoms with Crippen molar-refractivity contribution in [3.63, 3.8) is 0 Å². The van der Waals surface area contributed by atoms with Crippen molar-refractivity contribution in [2.45, 2.75) is 6.04 Å². The maximum atomic E-state index is 11.7. The highest BCUT2D eigenvalue weighted by atomic mass is 35.5. The van der Waals surface area contributed by atoms with Gasteiger partial charge in [0.1, 0.15) is 11.8 Å². The Labute approximate surface area is 132 Å². The van der Waals surface area contributed by atoms with Crippen molar-refractivity contribution in [1.29, 1.82) is 0 Å². The van der Waals surface area contributed by atoms with Crippen LogP contribution in [0, 0.1) is 0 Å². The number of amides is 1. The molecular formula is C15H14Cl2N2O2. The summed E-state index contributed by atoms with van der Waals surface area (Å²) < 4.78 is 5.14. The van der Waals surface area contributed by atoms with E-state index in [1.54, 1.807) is 37.4 Å². The second-order valence-corrected chi connectivity index (χ2v) is 5.29. The van der Waals surface area contributed by atoms with Gasteiger partial charge >= 0.3 is 0 Å². The number of rotatable bonds is 5. The summed E-state index contributed by atoms with van der Waals surface area (Å²) in [4.78, 5) is 11.7. The van der Waals surface area contributed by atoms with Crippen molar-refractivity contribution in [2.24, 2.45) is 5.73 Å². The molecule has 1 unspecified atom stereocenters. The van der Waals surface area contributed by atoms with Gasteiger partial charge in [-0.1, -0.05) is 29.3 Å². The van der Waals surface area contributed by atoms with Crippen molar-refractivity contribution < 1.29 is 9.53 Å². The van der Waals surface area contributed by atoms with Crippen LogP contribution in [-0.2, 0) is 4.79 Å². The van der Waals surface area contributed by atoms with Crippen LogP contribution in [0.2, 0.25) is 10.0 Å². The maximum Gasteiger partial charge on any atom is 0.244 e. The fourth-order valence-electron chi connectivity index (χ4n) is 1.94. The van der Waals surface area contributed by atoms with Gasteiger partial charge in [0.25, 0.3) is 0 Å². The number of nitrogens with one attached hydrogen (secondary N) is 1. The van der Waals surface area contributed by atoms with Crippen LogP contribution in [0.4, 0.5) is 5.69 Å². The first-order valence-corrected chi connectivity index (χ1v) is 6.91. The number of primary amides is 1. The molecule has 0 spiro atoms.